The molecule has 2 aromatic carbocycles. The van der Waals surface area contributed by atoms with Crippen LogP contribution in [0.15, 0.2) is 40.9 Å². The van der Waals surface area contributed by atoms with Crippen molar-refractivity contribution in [3.8, 4) is 5.75 Å². The fraction of sp³-hybridized carbons (Fsp3) is 0.381. The molecule has 0 saturated carbocycles. The van der Waals surface area contributed by atoms with Crippen LogP contribution < -0.4 is 10.1 Å². The van der Waals surface area contributed by atoms with Gasteiger partial charge in [0.25, 0.3) is 0 Å². The van der Waals surface area contributed by atoms with Crippen molar-refractivity contribution >= 4 is 45.0 Å². The minimum absolute atomic E-state index is 0.282. The zero-order valence-electron chi connectivity index (χ0n) is 15.5. The Labute approximate surface area is 184 Å². The number of nitrogens with one attached hydrogen (secondary N) is 1. The van der Waals surface area contributed by atoms with Gasteiger partial charge in [-0.15, -0.1) is 0 Å². The number of likely N-dealkylation sites (tertiary alicyclic amines) is 1. The Bertz CT molecular complexity index is 832. The minimum atomic E-state index is 0.282. The van der Waals surface area contributed by atoms with Gasteiger partial charge in [0, 0.05) is 36.1 Å². The smallest absolute Gasteiger partial charge is 0.222 e. The summed E-state index contributed by atoms with van der Waals surface area (Å²) >= 11 is 15.6. The number of hydrogen-bond donors (Lipinski definition) is 1. The van der Waals surface area contributed by atoms with Crippen LogP contribution in [0.2, 0.25) is 10.0 Å². The SMILES string of the molecule is O=C1CCCN1CCCNCc1cc(Br)ccc1OCc1ccc(Cl)c(Cl)c1. The summed E-state index contributed by atoms with van der Waals surface area (Å²) in [6, 6.07) is 11.5. The first-order chi connectivity index (χ1) is 13.5. The van der Waals surface area contributed by atoms with Crippen LogP contribution in [0, 0.1) is 0 Å². The number of hydrogen-bond acceptors (Lipinski definition) is 3. The number of amides is 1. The lowest BCUT2D eigenvalue weighted by molar-refractivity contribution is -0.127. The van der Waals surface area contributed by atoms with Crippen molar-refractivity contribution in [2.75, 3.05) is 19.6 Å². The van der Waals surface area contributed by atoms with Gasteiger partial charge in [-0.05, 0) is 55.3 Å². The maximum Gasteiger partial charge on any atom is 0.222 e. The largest absolute Gasteiger partial charge is 0.489 e. The Morgan fingerprint density at radius 1 is 1.14 bits per heavy atom. The second-order valence-corrected chi connectivity index (χ2v) is 8.53. The van der Waals surface area contributed by atoms with Gasteiger partial charge in [-0.25, -0.2) is 0 Å². The number of carbonyl (C=O) groups is 1. The van der Waals surface area contributed by atoms with Gasteiger partial charge in [0.05, 0.1) is 10.0 Å². The summed E-state index contributed by atoms with van der Waals surface area (Å²) in [6.45, 7) is 3.69. The van der Waals surface area contributed by atoms with Gasteiger partial charge in [0.2, 0.25) is 5.91 Å². The predicted octanol–water partition coefficient (Wildman–Crippen LogP) is 5.44. The highest BCUT2D eigenvalue weighted by molar-refractivity contribution is 9.10. The number of rotatable bonds is 9. The zero-order valence-corrected chi connectivity index (χ0v) is 18.6. The highest BCUT2D eigenvalue weighted by atomic mass is 79.9. The normalized spacial score (nSPS) is 14.0. The molecule has 0 atom stereocenters. The van der Waals surface area contributed by atoms with Gasteiger partial charge in [-0.3, -0.25) is 4.79 Å². The van der Waals surface area contributed by atoms with E-state index in [9.17, 15) is 4.79 Å². The molecule has 1 fully saturated rings. The quantitative estimate of drug-likeness (QED) is 0.481. The molecule has 1 amide bonds. The van der Waals surface area contributed by atoms with Crippen LogP contribution in [0.4, 0.5) is 0 Å². The number of nitrogens with zero attached hydrogens (tertiary/aromatic N) is 1. The Morgan fingerprint density at radius 2 is 2.00 bits per heavy atom. The fourth-order valence-electron chi connectivity index (χ4n) is 3.18. The third-order valence-electron chi connectivity index (χ3n) is 4.67. The minimum Gasteiger partial charge on any atom is -0.489 e. The van der Waals surface area contributed by atoms with Crippen molar-refractivity contribution in [3.63, 3.8) is 0 Å². The van der Waals surface area contributed by atoms with E-state index < -0.39 is 0 Å². The summed E-state index contributed by atoms with van der Waals surface area (Å²) in [7, 11) is 0. The van der Waals surface area contributed by atoms with E-state index >= 15 is 0 Å². The van der Waals surface area contributed by atoms with E-state index in [1.54, 1.807) is 6.07 Å². The maximum absolute atomic E-state index is 11.6. The summed E-state index contributed by atoms with van der Waals surface area (Å²) in [5.41, 5.74) is 2.04. The zero-order chi connectivity index (χ0) is 19.9. The van der Waals surface area contributed by atoms with Gasteiger partial charge < -0.3 is 15.0 Å². The topological polar surface area (TPSA) is 41.6 Å². The van der Waals surface area contributed by atoms with Crippen LogP contribution in [-0.4, -0.2) is 30.4 Å². The molecule has 0 radical (unpaired) electrons. The molecule has 1 N–H and O–H groups in total. The lowest BCUT2D eigenvalue weighted by atomic mass is 10.2. The lowest BCUT2D eigenvalue weighted by Crippen LogP contribution is -2.28. The molecule has 1 aliphatic heterocycles. The number of benzene rings is 2. The Balaban J connectivity index is 1.50. The van der Waals surface area contributed by atoms with E-state index in [1.165, 1.54) is 0 Å². The average molecular weight is 486 g/mol. The molecule has 4 nitrogen and oxygen atoms in total. The van der Waals surface area contributed by atoms with Crippen molar-refractivity contribution in [2.45, 2.75) is 32.4 Å². The predicted molar refractivity (Wildman–Crippen MR) is 117 cm³/mol. The van der Waals surface area contributed by atoms with Crippen LogP contribution in [0.5, 0.6) is 5.75 Å². The van der Waals surface area contributed by atoms with Crippen molar-refractivity contribution in [1.82, 2.24) is 10.2 Å². The summed E-state index contributed by atoms with van der Waals surface area (Å²) in [5, 5.41) is 4.51. The van der Waals surface area contributed by atoms with Crippen molar-refractivity contribution in [3.05, 3.63) is 62.0 Å². The first-order valence-electron chi connectivity index (χ1n) is 9.36. The average Bonchev–Trinajstić information content (AvgIpc) is 3.08. The van der Waals surface area contributed by atoms with Gasteiger partial charge in [-0.1, -0.05) is 45.2 Å². The third-order valence-corrected chi connectivity index (χ3v) is 5.90. The first kappa shape index (κ1) is 21.4. The molecule has 28 heavy (non-hydrogen) atoms. The Kier molecular flexibility index (Phi) is 8.03. The summed E-state index contributed by atoms with van der Waals surface area (Å²) in [5.74, 6) is 1.11. The summed E-state index contributed by atoms with van der Waals surface area (Å²) in [6.07, 6.45) is 2.63. The first-order valence-corrected chi connectivity index (χ1v) is 10.9. The molecule has 0 bridgehead atoms. The van der Waals surface area contributed by atoms with Crippen molar-refractivity contribution in [2.24, 2.45) is 0 Å². The molecule has 1 heterocycles. The van der Waals surface area contributed by atoms with E-state index in [2.05, 4.69) is 27.3 Å². The Morgan fingerprint density at radius 3 is 2.75 bits per heavy atom. The van der Waals surface area contributed by atoms with Gasteiger partial charge >= 0.3 is 0 Å². The van der Waals surface area contributed by atoms with Gasteiger partial charge in [-0.2, -0.15) is 0 Å². The molecule has 0 aromatic heterocycles. The molecule has 0 unspecified atom stereocenters. The standard InChI is InChI=1S/C21H23BrCl2N2O2/c22-17-5-7-20(28-14-15-4-6-18(23)19(24)11-15)16(12-17)13-25-8-2-10-26-9-1-3-21(26)27/h4-7,11-12,25H,1-3,8-10,13-14H2. The van der Waals surface area contributed by atoms with Crippen LogP contribution in [0.1, 0.15) is 30.4 Å². The van der Waals surface area contributed by atoms with Gasteiger partial charge in [0.15, 0.2) is 0 Å². The second-order valence-electron chi connectivity index (χ2n) is 6.80. The van der Waals surface area contributed by atoms with Crippen LogP contribution in [-0.2, 0) is 17.9 Å². The monoisotopic (exact) mass is 484 g/mol. The van der Waals surface area contributed by atoms with Crippen LogP contribution in [0.25, 0.3) is 0 Å². The molecule has 0 spiro atoms. The van der Waals surface area contributed by atoms with E-state index in [1.807, 2.05) is 29.2 Å². The molecule has 3 rings (SSSR count). The summed E-state index contributed by atoms with van der Waals surface area (Å²) < 4.78 is 7.02. The molecule has 1 saturated heterocycles. The lowest BCUT2D eigenvalue weighted by Gasteiger charge is -2.16. The number of halogens is 3. The van der Waals surface area contributed by atoms with Crippen LogP contribution >= 0.6 is 39.1 Å². The summed E-state index contributed by atoms with van der Waals surface area (Å²) in [4.78, 5) is 13.6. The fourth-order valence-corrected chi connectivity index (χ4v) is 3.91. The highest BCUT2D eigenvalue weighted by Crippen LogP contribution is 2.26. The molecule has 1 aliphatic rings. The second kappa shape index (κ2) is 10.5. The maximum atomic E-state index is 11.6. The van der Waals surface area contributed by atoms with E-state index in [4.69, 9.17) is 27.9 Å². The van der Waals surface area contributed by atoms with E-state index in [-0.39, 0.29) is 5.91 Å². The molecule has 0 aliphatic carbocycles. The van der Waals surface area contributed by atoms with E-state index in [0.29, 0.717) is 29.6 Å². The molecular weight excluding hydrogens is 463 g/mol. The molecular formula is C21H23BrCl2N2O2. The molecule has 7 heteroatoms. The van der Waals surface area contributed by atoms with E-state index in [0.717, 1.165) is 53.8 Å². The van der Waals surface area contributed by atoms with Gasteiger partial charge in [0.1, 0.15) is 12.4 Å². The molecule has 150 valence electrons. The van der Waals surface area contributed by atoms with Crippen LogP contribution in [0.3, 0.4) is 0 Å². The third kappa shape index (κ3) is 6.11. The number of ether oxygens (including phenoxy) is 1. The van der Waals surface area contributed by atoms with Crippen molar-refractivity contribution < 1.29 is 9.53 Å². The highest BCUT2D eigenvalue weighted by Gasteiger charge is 2.18. The van der Waals surface area contributed by atoms with Crippen molar-refractivity contribution in [1.29, 1.82) is 0 Å². The Hall–Kier alpha value is -1.27. The molecule has 2 aromatic rings. The number of carbonyl (C=O) groups excluding carboxylic acids is 1.